The number of hydrogen-bond acceptors (Lipinski definition) is 3. The first kappa shape index (κ1) is 10.5. The number of halogens is 1. The van der Waals surface area contributed by atoms with E-state index < -0.39 is 12.3 Å². The zero-order valence-electron chi connectivity index (χ0n) is 8.44. The summed E-state index contributed by atoms with van der Waals surface area (Å²) in [4.78, 5) is 4.05. The van der Waals surface area contributed by atoms with Gasteiger partial charge in [-0.1, -0.05) is 6.07 Å². The third kappa shape index (κ3) is 2.73. The number of aliphatic hydroxyl groups excluding tert-OH is 1. The van der Waals surface area contributed by atoms with Crippen LogP contribution >= 0.6 is 0 Å². The highest BCUT2D eigenvalue weighted by atomic mass is 19.1. The molecule has 0 amide bonds. The molecule has 3 nitrogen and oxygen atoms in total. The summed E-state index contributed by atoms with van der Waals surface area (Å²) < 4.78 is 12.5. The average molecular weight is 210 g/mol. The van der Waals surface area contributed by atoms with Gasteiger partial charge in [-0.05, 0) is 25.0 Å². The third-order valence-corrected chi connectivity index (χ3v) is 2.71. The zero-order chi connectivity index (χ0) is 10.7. The molecule has 1 saturated carbocycles. The molecule has 1 aromatic heterocycles. The minimum Gasteiger partial charge on any atom is -0.385 e. The normalized spacial score (nSPS) is 27.1. The Bertz CT molecular complexity index is 301. The fourth-order valence-electron chi connectivity index (χ4n) is 1.67. The molecule has 1 heterocycles. The topological polar surface area (TPSA) is 45.1 Å². The van der Waals surface area contributed by atoms with Gasteiger partial charge in [0.2, 0.25) is 0 Å². The number of aliphatic hydroxyl groups is 1. The molecule has 0 saturated heterocycles. The van der Waals surface area contributed by atoms with Gasteiger partial charge in [-0.2, -0.15) is 0 Å². The summed E-state index contributed by atoms with van der Waals surface area (Å²) in [6.07, 6.45) is 1.52. The van der Waals surface area contributed by atoms with Gasteiger partial charge >= 0.3 is 0 Å². The standard InChI is InChI=1S/C11H15FN2O/c12-8-5-9(6-8)14-7-11(15)10-3-1-2-4-13-10/h1-4,8-9,11,14-15H,5-7H2. The predicted octanol–water partition coefficient (Wildman–Crippen LogP) is 1.21. The highest BCUT2D eigenvalue weighted by Crippen LogP contribution is 2.23. The first-order chi connectivity index (χ1) is 7.25. The van der Waals surface area contributed by atoms with E-state index in [1.807, 2.05) is 12.1 Å². The van der Waals surface area contributed by atoms with E-state index in [0.29, 0.717) is 25.1 Å². The number of hydrogen-bond donors (Lipinski definition) is 2. The van der Waals surface area contributed by atoms with Crippen molar-refractivity contribution in [3.63, 3.8) is 0 Å². The summed E-state index contributed by atoms with van der Waals surface area (Å²) in [5, 5.41) is 12.9. The number of alkyl halides is 1. The van der Waals surface area contributed by atoms with E-state index >= 15 is 0 Å². The fraction of sp³-hybridized carbons (Fsp3) is 0.545. The van der Waals surface area contributed by atoms with Crippen molar-refractivity contribution >= 4 is 0 Å². The smallest absolute Gasteiger partial charge is 0.108 e. The molecule has 0 bridgehead atoms. The highest BCUT2D eigenvalue weighted by Gasteiger charge is 2.28. The van der Waals surface area contributed by atoms with Crippen molar-refractivity contribution < 1.29 is 9.50 Å². The summed E-state index contributed by atoms with van der Waals surface area (Å²) in [6.45, 7) is 0.439. The predicted molar refractivity (Wildman–Crippen MR) is 55.1 cm³/mol. The van der Waals surface area contributed by atoms with Crippen LogP contribution in [0.5, 0.6) is 0 Å². The maximum absolute atomic E-state index is 12.5. The molecule has 1 atom stereocenters. The van der Waals surface area contributed by atoms with Crippen molar-refractivity contribution in [2.24, 2.45) is 0 Å². The minimum absolute atomic E-state index is 0.221. The van der Waals surface area contributed by atoms with E-state index in [1.54, 1.807) is 12.3 Å². The van der Waals surface area contributed by atoms with Gasteiger partial charge in [-0.3, -0.25) is 4.98 Å². The van der Waals surface area contributed by atoms with E-state index in [0.717, 1.165) is 0 Å². The maximum atomic E-state index is 12.5. The van der Waals surface area contributed by atoms with E-state index in [1.165, 1.54) is 0 Å². The lowest BCUT2D eigenvalue weighted by Gasteiger charge is -2.31. The molecule has 15 heavy (non-hydrogen) atoms. The fourth-order valence-corrected chi connectivity index (χ4v) is 1.67. The summed E-state index contributed by atoms with van der Waals surface area (Å²) >= 11 is 0. The molecule has 2 rings (SSSR count). The van der Waals surface area contributed by atoms with Crippen LogP contribution in [0.1, 0.15) is 24.6 Å². The largest absolute Gasteiger partial charge is 0.385 e. The molecule has 1 aromatic rings. The lowest BCUT2D eigenvalue weighted by molar-refractivity contribution is 0.122. The summed E-state index contributed by atoms with van der Waals surface area (Å²) in [7, 11) is 0. The Morgan fingerprint density at radius 1 is 1.53 bits per heavy atom. The molecule has 4 heteroatoms. The lowest BCUT2D eigenvalue weighted by Crippen LogP contribution is -2.43. The van der Waals surface area contributed by atoms with Crippen molar-refractivity contribution in [1.29, 1.82) is 0 Å². The van der Waals surface area contributed by atoms with Crippen molar-refractivity contribution in [1.82, 2.24) is 10.3 Å². The van der Waals surface area contributed by atoms with Gasteiger partial charge < -0.3 is 10.4 Å². The molecule has 1 aliphatic rings. The van der Waals surface area contributed by atoms with Gasteiger partial charge in [0.1, 0.15) is 12.3 Å². The Kier molecular flexibility index (Phi) is 3.28. The van der Waals surface area contributed by atoms with Crippen molar-refractivity contribution in [2.45, 2.75) is 31.2 Å². The first-order valence-corrected chi connectivity index (χ1v) is 5.22. The zero-order valence-corrected chi connectivity index (χ0v) is 8.44. The molecule has 1 fully saturated rings. The highest BCUT2D eigenvalue weighted by molar-refractivity contribution is 5.07. The van der Waals surface area contributed by atoms with Gasteiger partial charge in [0, 0.05) is 18.8 Å². The van der Waals surface area contributed by atoms with Crippen LogP contribution in [0, 0.1) is 0 Å². The molecule has 2 N–H and O–H groups in total. The molecule has 0 aromatic carbocycles. The van der Waals surface area contributed by atoms with Crippen LogP contribution < -0.4 is 5.32 Å². The third-order valence-electron chi connectivity index (χ3n) is 2.71. The van der Waals surface area contributed by atoms with Gasteiger partial charge in [0.15, 0.2) is 0 Å². The molecule has 0 radical (unpaired) electrons. The Hall–Kier alpha value is -1.00. The number of rotatable bonds is 4. The van der Waals surface area contributed by atoms with E-state index in [2.05, 4.69) is 10.3 Å². The number of pyridine rings is 1. The molecule has 1 aliphatic carbocycles. The average Bonchev–Trinajstić information content (AvgIpc) is 2.23. The monoisotopic (exact) mass is 210 g/mol. The molecule has 1 unspecified atom stereocenters. The minimum atomic E-state index is -0.658. The van der Waals surface area contributed by atoms with Crippen LogP contribution in [-0.2, 0) is 0 Å². The molecular formula is C11H15FN2O. The Labute approximate surface area is 88.3 Å². The second-order valence-electron chi connectivity index (χ2n) is 3.94. The van der Waals surface area contributed by atoms with Crippen LogP contribution in [0.4, 0.5) is 4.39 Å². The second-order valence-corrected chi connectivity index (χ2v) is 3.94. The van der Waals surface area contributed by atoms with Crippen LogP contribution in [0.2, 0.25) is 0 Å². The SMILES string of the molecule is OC(CNC1CC(F)C1)c1ccccn1. The van der Waals surface area contributed by atoms with E-state index in [4.69, 9.17) is 0 Å². The Morgan fingerprint density at radius 2 is 2.33 bits per heavy atom. The summed E-state index contributed by atoms with van der Waals surface area (Å²) in [5.41, 5.74) is 0.654. The Balaban J connectivity index is 1.75. The number of nitrogens with one attached hydrogen (secondary N) is 1. The van der Waals surface area contributed by atoms with Gasteiger partial charge in [0.25, 0.3) is 0 Å². The van der Waals surface area contributed by atoms with Crippen molar-refractivity contribution in [3.05, 3.63) is 30.1 Å². The van der Waals surface area contributed by atoms with Gasteiger partial charge in [-0.15, -0.1) is 0 Å². The van der Waals surface area contributed by atoms with Crippen LogP contribution in [-0.4, -0.2) is 28.8 Å². The molecule has 0 aliphatic heterocycles. The van der Waals surface area contributed by atoms with Crippen molar-refractivity contribution in [3.8, 4) is 0 Å². The lowest BCUT2D eigenvalue weighted by atomic mass is 9.91. The van der Waals surface area contributed by atoms with Crippen LogP contribution in [0.25, 0.3) is 0 Å². The number of nitrogens with zero attached hydrogens (tertiary/aromatic N) is 1. The molecule has 0 spiro atoms. The quantitative estimate of drug-likeness (QED) is 0.785. The van der Waals surface area contributed by atoms with Crippen molar-refractivity contribution in [2.75, 3.05) is 6.54 Å². The summed E-state index contributed by atoms with van der Waals surface area (Å²) in [5.74, 6) is 0. The van der Waals surface area contributed by atoms with Crippen LogP contribution in [0.3, 0.4) is 0 Å². The first-order valence-electron chi connectivity index (χ1n) is 5.22. The number of aromatic nitrogens is 1. The van der Waals surface area contributed by atoms with E-state index in [9.17, 15) is 9.50 Å². The Morgan fingerprint density at radius 3 is 2.93 bits per heavy atom. The maximum Gasteiger partial charge on any atom is 0.108 e. The molecular weight excluding hydrogens is 195 g/mol. The van der Waals surface area contributed by atoms with Gasteiger partial charge in [0.05, 0.1) is 5.69 Å². The van der Waals surface area contributed by atoms with Gasteiger partial charge in [-0.25, -0.2) is 4.39 Å². The summed E-state index contributed by atoms with van der Waals surface area (Å²) in [6, 6.07) is 5.65. The van der Waals surface area contributed by atoms with E-state index in [-0.39, 0.29) is 6.04 Å². The molecule has 82 valence electrons. The van der Waals surface area contributed by atoms with Crippen LogP contribution in [0.15, 0.2) is 24.4 Å². The second kappa shape index (κ2) is 4.68.